The van der Waals surface area contributed by atoms with Crippen molar-refractivity contribution in [2.75, 3.05) is 6.61 Å². The normalized spacial score (nSPS) is 20.7. The van der Waals surface area contributed by atoms with Crippen molar-refractivity contribution >= 4 is 11.9 Å². The van der Waals surface area contributed by atoms with Gasteiger partial charge in [0.1, 0.15) is 6.10 Å². The van der Waals surface area contributed by atoms with Crippen molar-refractivity contribution in [2.24, 2.45) is 5.92 Å². The van der Waals surface area contributed by atoms with E-state index in [0.29, 0.717) is 12.2 Å². The molecule has 1 saturated carbocycles. The molecule has 0 bridgehead atoms. The molecule has 0 aliphatic heterocycles. The van der Waals surface area contributed by atoms with Crippen LogP contribution >= 0.6 is 0 Å². The van der Waals surface area contributed by atoms with Crippen LogP contribution in [0, 0.1) is 5.92 Å². The monoisotopic (exact) mass is 318 g/mol. The molecule has 126 valence electrons. The molecule has 4 heteroatoms. The lowest BCUT2D eigenvalue weighted by atomic mass is 9.86. The van der Waals surface area contributed by atoms with Gasteiger partial charge in [-0.1, -0.05) is 44.4 Å². The largest absolute Gasteiger partial charge is 0.465 e. The number of benzene rings is 1. The SMILES string of the molecule is CCCCCOC(=O)C1CCCCC1OC(=O)c1ccccc1. The lowest BCUT2D eigenvalue weighted by Gasteiger charge is -2.29. The van der Waals surface area contributed by atoms with E-state index in [1.54, 1.807) is 24.3 Å². The van der Waals surface area contributed by atoms with Gasteiger partial charge in [0.2, 0.25) is 0 Å². The third-order valence-corrected chi connectivity index (χ3v) is 4.27. The van der Waals surface area contributed by atoms with Crippen LogP contribution in [0.4, 0.5) is 0 Å². The molecular weight excluding hydrogens is 292 g/mol. The maximum absolute atomic E-state index is 12.3. The van der Waals surface area contributed by atoms with Gasteiger partial charge in [0.15, 0.2) is 0 Å². The zero-order valence-electron chi connectivity index (χ0n) is 13.8. The Kier molecular flexibility index (Phi) is 7.11. The van der Waals surface area contributed by atoms with Crippen LogP contribution in [0.25, 0.3) is 0 Å². The first-order valence-corrected chi connectivity index (χ1v) is 8.65. The number of carbonyl (C=O) groups is 2. The van der Waals surface area contributed by atoms with Gasteiger partial charge in [-0.2, -0.15) is 0 Å². The van der Waals surface area contributed by atoms with Gasteiger partial charge >= 0.3 is 11.9 Å². The van der Waals surface area contributed by atoms with Gasteiger partial charge in [0.25, 0.3) is 0 Å². The molecule has 0 aromatic heterocycles. The van der Waals surface area contributed by atoms with E-state index in [9.17, 15) is 9.59 Å². The van der Waals surface area contributed by atoms with Crippen LogP contribution in [-0.2, 0) is 14.3 Å². The topological polar surface area (TPSA) is 52.6 Å². The molecule has 0 amide bonds. The van der Waals surface area contributed by atoms with Crippen LogP contribution < -0.4 is 0 Å². The Labute approximate surface area is 138 Å². The summed E-state index contributed by atoms with van der Waals surface area (Å²) in [6.45, 7) is 2.57. The summed E-state index contributed by atoms with van der Waals surface area (Å²) in [5, 5.41) is 0. The summed E-state index contributed by atoms with van der Waals surface area (Å²) in [5.41, 5.74) is 0.521. The molecule has 0 N–H and O–H groups in total. The van der Waals surface area contributed by atoms with Gasteiger partial charge in [-0.05, 0) is 37.8 Å². The summed E-state index contributed by atoms with van der Waals surface area (Å²) in [7, 11) is 0. The predicted octanol–water partition coefficient (Wildman–Crippen LogP) is 4.14. The van der Waals surface area contributed by atoms with Crippen molar-refractivity contribution in [1.29, 1.82) is 0 Å². The summed E-state index contributed by atoms with van der Waals surface area (Å²) >= 11 is 0. The minimum absolute atomic E-state index is 0.216. The Bertz CT molecular complexity index is 497. The number of esters is 2. The Morgan fingerprint density at radius 2 is 1.83 bits per heavy atom. The van der Waals surface area contributed by atoms with Gasteiger partial charge in [-0.15, -0.1) is 0 Å². The highest BCUT2D eigenvalue weighted by molar-refractivity contribution is 5.89. The van der Waals surface area contributed by atoms with Gasteiger partial charge in [0.05, 0.1) is 18.1 Å². The number of ether oxygens (including phenoxy) is 2. The minimum Gasteiger partial charge on any atom is -0.465 e. The zero-order valence-corrected chi connectivity index (χ0v) is 13.8. The molecule has 0 spiro atoms. The first-order chi connectivity index (χ1) is 11.2. The third-order valence-electron chi connectivity index (χ3n) is 4.27. The highest BCUT2D eigenvalue weighted by Gasteiger charge is 2.35. The van der Waals surface area contributed by atoms with Gasteiger partial charge < -0.3 is 9.47 Å². The van der Waals surface area contributed by atoms with E-state index in [4.69, 9.17) is 9.47 Å². The molecule has 2 rings (SSSR count). The quantitative estimate of drug-likeness (QED) is 0.560. The molecule has 0 radical (unpaired) electrons. The molecule has 4 nitrogen and oxygen atoms in total. The van der Waals surface area contributed by atoms with Crippen molar-refractivity contribution < 1.29 is 19.1 Å². The number of unbranched alkanes of at least 4 members (excludes halogenated alkanes) is 2. The Morgan fingerprint density at radius 1 is 1.09 bits per heavy atom. The highest BCUT2D eigenvalue weighted by atomic mass is 16.6. The highest BCUT2D eigenvalue weighted by Crippen LogP contribution is 2.28. The maximum Gasteiger partial charge on any atom is 0.338 e. The Morgan fingerprint density at radius 3 is 2.57 bits per heavy atom. The lowest BCUT2D eigenvalue weighted by Crippen LogP contribution is -2.36. The first kappa shape index (κ1) is 17.5. The van der Waals surface area contributed by atoms with E-state index in [-0.39, 0.29) is 24.0 Å². The molecule has 0 heterocycles. The van der Waals surface area contributed by atoms with Crippen LogP contribution in [0.1, 0.15) is 62.2 Å². The number of carbonyl (C=O) groups excluding carboxylic acids is 2. The van der Waals surface area contributed by atoms with Crippen molar-refractivity contribution in [1.82, 2.24) is 0 Å². The van der Waals surface area contributed by atoms with Crippen molar-refractivity contribution in [3.8, 4) is 0 Å². The van der Waals surface area contributed by atoms with E-state index in [2.05, 4.69) is 6.92 Å². The average molecular weight is 318 g/mol. The third kappa shape index (κ3) is 5.38. The molecule has 0 saturated heterocycles. The standard InChI is InChI=1S/C19H26O4/c1-2-3-9-14-22-19(21)16-12-7-8-13-17(16)23-18(20)15-10-5-4-6-11-15/h4-6,10-11,16-17H,2-3,7-9,12-14H2,1H3. The van der Waals surface area contributed by atoms with Crippen LogP contribution in [0.2, 0.25) is 0 Å². The summed E-state index contributed by atoms with van der Waals surface area (Å²) < 4.78 is 11.0. The van der Waals surface area contributed by atoms with Crippen LogP contribution in [0.5, 0.6) is 0 Å². The molecular formula is C19H26O4. The van der Waals surface area contributed by atoms with Crippen LogP contribution in [-0.4, -0.2) is 24.6 Å². The number of hydrogen-bond acceptors (Lipinski definition) is 4. The van der Waals surface area contributed by atoms with Gasteiger partial charge in [-0.25, -0.2) is 4.79 Å². The number of rotatable bonds is 7. The second-order valence-electron chi connectivity index (χ2n) is 6.08. The Hall–Kier alpha value is -1.84. The average Bonchev–Trinajstić information content (AvgIpc) is 2.60. The van der Waals surface area contributed by atoms with Crippen molar-refractivity contribution in [2.45, 2.75) is 58.0 Å². The molecule has 2 unspecified atom stereocenters. The molecule has 2 atom stereocenters. The van der Waals surface area contributed by atoms with Gasteiger partial charge in [0, 0.05) is 0 Å². The van der Waals surface area contributed by atoms with E-state index in [1.165, 1.54) is 0 Å². The van der Waals surface area contributed by atoms with Crippen molar-refractivity contribution in [3.05, 3.63) is 35.9 Å². The maximum atomic E-state index is 12.3. The van der Waals surface area contributed by atoms with E-state index >= 15 is 0 Å². The fourth-order valence-corrected chi connectivity index (χ4v) is 2.92. The summed E-state index contributed by atoms with van der Waals surface area (Å²) in [6, 6.07) is 8.91. The molecule has 1 aliphatic carbocycles. The van der Waals surface area contributed by atoms with E-state index in [1.807, 2.05) is 6.07 Å². The second-order valence-corrected chi connectivity index (χ2v) is 6.08. The van der Waals surface area contributed by atoms with Crippen LogP contribution in [0.15, 0.2) is 30.3 Å². The molecule has 1 aromatic rings. The first-order valence-electron chi connectivity index (χ1n) is 8.65. The predicted molar refractivity (Wildman–Crippen MR) is 88.1 cm³/mol. The molecule has 1 aromatic carbocycles. The fourth-order valence-electron chi connectivity index (χ4n) is 2.92. The zero-order chi connectivity index (χ0) is 16.5. The molecule has 1 fully saturated rings. The van der Waals surface area contributed by atoms with E-state index < -0.39 is 0 Å². The molecule has 23 heavy (non-hydrogen) atoms. The smallest absolute Gasteiger partial charge is 0.338 e. The minimum atomic E-state index is -0.366. The second kappa shape index (κ2) is 9.33. The van der Waals surface area contributed by atoms with Gasteiger partial charge in [-0.3, -0.25) is 4.79 Å². The summed E-state index contributed by atoms with van der Waals surface area (Å²) in [5.74, 6) is -0.897. The summed E-state index contributed by atoms with van der Waals surface area (Å²) in [6.07, 6.45) is 6.11. The van der Waals surface area contributed by atoms with Crippen molar-refractivity contribution in [3.63, 3.8) is 0 Å². The fraction of sp³-hybridized carbons (Fsp3) is 0.579. The number of hydrogen-bond donors (Lipinski definition) is 0. The van der Waals surface area contributed by atoms with Crippen LogP contribution in [0.3, 0.4) is 0 Å². The van der Waals surface area contributed by atoms with E-state index in [0.717, 1.165) is 44.9 Å². The summed E-state index contributed by atoms with van der Waals surface area (Å²) in [4.78, 5) is 24.5. The Balaban J connectivity index is 1.90. The molecule has 1 aliphatic rings. The lowest BCUT2D eigenvalue weighted by molar-refractivity contribution is -0.154.